The van der Waals surface area contributed by atoms with E-state index >= 15 is 0 Å². The van der Waals surface area contributed by atoms with Crippen molar-refractivity contribution in [2.45, 2.75) is 45.8 Å². The van der Waals surface area contributed by atoms with Crippen LogP contribution in [0.1, 0.15) is 32.8 Å². The molecule has 0 amide bonds. The summed E-state index contributed by atoms with van der Waals surface area (Å²) >= 11 is 0. The molecule has 0 aliphatic heterocycles. The van der Waals surface area contributed by atoms with Crippen LogP contribution in [0.5, 0.6) is 5.75 Å². The predicted molar refractivity (Wildman–Crippen MR) is 64.2 cm³/mol. The smallest absolute Gasteiger partial charge is 0.120 e. The number of hydrogen-bond donors (Lipinski definition) is 1. The summed E-state index contributed by atoms with van der Waals surface area (Å²) in [5.74, 6) is 0.922. The van der Waals surface area contributed by atoms with Crippen molar-refractivity contribution in [2.75, 3.05) is 0 Å². The van der Waals surface area contributed by atoms with Gasteiger partial charge in [-0.25, -0.2) is 0 Å². The van der Waals surface area contributed by atoms with Gasteiger partial charge in [0, 0.05) is 6.04 Å². The minimum atomic E-state index is 0.0714. The maximum absolute atomic E-state index is 5.91. The second-order valence-electron chi connectivity index (χ2n) is 3.90. The van der Waals surface area contributed by atoms with Crippen molar-refractivity contribution in [2.24, 2.45) is 5.73 Å². The summed E-state index contributed by atoms with van der Waals surface area (Å²) in [6.07, 6.45) is 2.04. The number of nitrogens with two attached hydrogens (primary N) is 1. The lowest BCUT2D eigenvalue weighted by Crippen LogP contribution is -2.35. The van der Waals surface area contributed by atoms with E-state index in [1.54, 1.807) is 0 Å². The van der Waals surface area contributed by atoms with Gasteiger partial charge in [-0.1, -0.05) is 26.0 Å². The van der Waals surface area contributed by atoms with E-state index in [4.69, 9.17) is 10.5 Å². The third-order valence-electron chi connectivity index (χ3n) is 2.70. The first-order valence-corrected chi connectivity index (χ1v) is 5.68. The van der Waals surface area contributed by atoms with Gasteiger partial charge in [-0.2, -0.15) is 0 Å². The fraction of sp³-hybridized carbons (Fsp3) is 0.538. The van der Waals surface area contributed by atoms with Gasteiger partial charge in [0.2, 0.25) is 0 Å². The molecule has 2 N–H and O–H groups in total. The van der Waals surface area contributed by atoms with Crippen LogP contribution in [0.25, 0.3) is 0 Å². The van der Waals surface area contributed by atoms with Gasteiger partial charge in [-0.15, -0.1) is 0 Å². The topological polar surface area (TPSA) is 35.2 Å². The third-order valence-corrected chi connectivity index (χ3v) is 2.70. The molecule has 2 atom stereocenters. The molecular formula is C13H21NO. The van der Waals surface area contributed by atoms with Crippen molar-refractivity contribution in [3.8, 4) is 5.75 Å². The molecule has 0 aliphatic rings. The first-order chi connectivity index (χ1) is 7.17. The summed E-state index contributed by atoms with van der Waals surface area (Å²) in [6.45, 7) is 6.24. The Morgan fingerprint density at radius 3 is 2.67 bits per heavy atom. The Bertz CT molecular complexity index is 298. The molecule has 0 saturated heterocycles. The Kier molecular flexibility index (Phi) is 4.63. The molecule has 0 spiro atoms. The molecule has 2 unspecified atom stereocenters. The van der Waals surface area contributed by atoms with E-state index in [-0.39, 0.29) is 12.1 Å². The summed E-state index contributed by atoms with van der Waals surface area (Å²) in [4.78, 5) is 0. The molecule has 84 valence electrons. The molecule has 0 bridgehead atoms. The number of ether oxygens (including phenoxy) is 1. The summed E-state index contributed by atoms with van der Waals surface area (Å²) < 4.78 is 5.78. The highest BCUT2D eigenvalue weighted by molar-refractivity contribution is 5.28. The van der Waals surface area contributed by atoms with Gasteiger partial charge in [0.15, 0.2) is 0 Å². The summed E-state index contributed by atoms with van der Waals surface area (Å²) in [5.41, 5.74) is 7.21. The van der Waals surface area contributed by atoms with Gasteiger partial charge in [0.25, 0.3) is 0 Å². The van der Waals surface area contributed by atoms with Crippen LogP contribution in [-0.2, 0) is 6.42 Å². The summed E-state index contributed by atoms with van der Waals surface area (Å²) in [6, 6.07) is 8.31. The lowest BCUT2D eigenvalue weighted by Gasteiger charge is -2.20. The van der Waals surface area contributed by atoms with Gasteiger partial charge in [-0.05, 0) is 37.5 Å². The van der Waals surface area contributed by atoms with Crippen molar-refractivity contribution in [3.05, 3.63) is 29.8 Å². The second kappa shape index (κ2) is 5.76. The van der Waals surface area contributed by atoms with Gasteiger partial charge < -0.3 is 10.5 Å². The first kappa shape index (κ1) is 12.1. The average Bonchev–Trinajstić information content (AvgIpc) is 2.28. The van der Waals surface area contributed by atoms with Crippen LogP contribution in [0.15, 0.2) is 24.3 Å². The van der Waals surface area contributed by atoms with Crippen molar-refractivity contribution in [1.82, 2.24) is 0 Å². The lowest BCUT2D eigenvalue weighted by atomic mass is 10.1. The molecule has 1 rings (SSSR count). The highest BCUT2D eigenvalue weighted by Crippen LogP contribution is 2.16. The largest absolute Gasteiger partial charge is 0.489 e. The molecule has 0 aliphatic carbocycles. The van der Waals surface area contributed by atoms with Gasteiger partial charge in [0.05, 0.1) is 0 Å². The zero-order valence-corrected chi connectivity index (χ0v) is 9.86. The molecule has 1 aromatic carbocycles. The van der Waals surface area contributed by atoms with Crippen LogP contribution in [-0.4, -0.2) is 12.1 Å². The van der Waals surface area contributed by atoms with Crippen LogP contribution < -0.4 is 10.5 Å². The molecule has 0 radical (unpaired) electrons. The Labute approximate surface area is 92.4 Å². The molecule has 0 saturated carbocycles. The van der Waals surface area contributed by atoms with E-state index in [0.29, 0.717) is 0 Å². The number of hydrogen-bond acceptors (Lipinski definition) is 2. The number of aryl methyl sites for hydroxylation is 1. The van der Waals surface area contributed by atoms with E-state index in [2.05, 4.69) is 26.0 Å². The molecule has 1 aromatic rings. The molecule has 0 aromatic heterocycles. The molecule has 15 heavy (non-hydrogen) atoms. The maximum atomic E-state index is 5.91. The molecular weight excluding hydrogens is 186 g/mol. The van der Waals surface area contributed by atoms with Crippen molar-refractivity contribution >= 4 is 0 Å². The molecule has 2 heteroatoms. The highest BCUT2D eigenvalue weighted by Gasteiger charge is 2.11. The number of rotatable bonds is 5. The third kappa shape index (κ3) is 3.56. The number of benzene rings is 1. The van der Waals surface area contributed by atoms with Crippen molar-refractivity contribution in [3.63, 3.8) is 0 Å². The minimum Gasteiger partial charge on any atom is -0.489 e. The average molecular weight is 207 g/mol. The van der Waals surface area contributed by atoms with Crippen LogP contribution in [0.3, 0.4) is 0 Å². The zero-order chi connectivity index (χ0) is 11.3. The first-order valence-electron chi connectivity index (χ1n) is 5.68. The van der Waals surface area contributed by atoms with Crippen LogP contribution in [0.4, 0.5) is 0 Å². The maximum Gasteiger partial charge on any atom is 0.120 e. The summed E-state index contributed by atoms with van der Waals surface area (Å²) in [5, 5.41) is 0. The van der Waals surface area contributed by atoms with E-state index < -0.39 is 0 Å². The SMILES string of the molecule is CCc1cccc(OC(C)C(N)CC)c1. The van der Waals surface area contributed by atoms with Crippen molar-refractivity contribution < 1.29 is 4.74 Å². The Hall–Kier alpha value is -1.02. The van der Waals surface area contributed by atoms with Gasteiger partial charge >= 0.3 is 0 Å². The van der Waals surface area contributed by atoms with Crippen LogP contribution in [0, 0.1) is 0 Å². The highest BCUT2D eigenvalue weighted by atomic mass is 16.5. The van der Waals surface area contributed by atoms with E-state index in [9.17, 15) is 0 Å². The standard InChI is InChI=1S/C13H21NO/c1-4-11-7-6-8-12(9-11)15-10(3)13(14)5-2/h6-10,13H,4-5,14H2,1-3H3. The van der Waals surface area contributed by atoms with Gasteiger partial charge in [-0.3, -0.25) is 0 Å². The van der Waals surface area contributed by atoms with Crippen LogP contribution >= 0.6 is 0 Å². The van der Waals surface area contributed by atoms with Crippen molar-refractivity contribution in [1.29, 1.82) is 0 Å². The second-order valence-corrected chi connectivity index (χ2v) is 3.90. The van der Waals surface area contributed by atoms with Gasteiger partial charge in [0.1, 0.15) is 11.9 Å². The quantitative estimate of drug-likeness (QED) is 0.805. The van der Waals surface area contributed by atoms with E-state index in [0.717, 1.165) is 18.6 Å². The molecule has 0 fully saturated rings. The van der Waals surface area contributed by atoms with E-state index in [1.165, 1.54) is 5.56 Å². The van der Waals surface area contributed by atoms with E-state index in [1.807, 2.05) is 19.1 Å². The Morgan fingerprint density at radius 2 is 2.07 bits per heavy atom. The van der Waals surface area contributed by atoms with Crippen LogP contribution in [0.2, 0.25) is 0 Å². The molecule has 0 heterocycles. The summed E-state index contributed by atoms with van der Waals surface area (Å²) in [7, 11) is 0. The monoisotopic (exact) mass is 207 g/mol. The normalized spacial score (nSPS) is 14.7. The lowest BCUT2D eigenvalue weighted by molar-refractivity contribution is 0.187. The molecule has 2 nitrogen and oxygen atoms in total. The Balaban J connectivity index is 2.63. The zero-order valence-electron chi connectivity index (χ0n) is 9.86. The minimum absolute atomic E-state index is 0.0714. The predicted octanol–water partition coefficient (Wildman–Crippen LogP) is 2.75. The fourth-order valence-corrected chi connectivity index (χ4v) is 1.47. The Morgan fingerprint density at radius 1 is 1.33 bits per heavy atom. The fourth-order valence-electron chi connectivity index (χ4n) is 1.47.